The highest BCUT2D eigenvalue weighted by molar-refractivity contribution is 5.66. The quantitative estimate of drug-likeness (QED) is 0.846. The van der Waals surface area contributed by atoms with Gasteiger partial charge in [0, 0.05) is 12.1 Å². The molecule has 2 aromatic heterocycles. The van der Waals surface area contributed by atoms with Crippen LogP contribution in [0, 0.1) is 13.8 Å². The van der Waals surface area contributed by atoms with Gasteiger partial charge >= 0.3 is 0 Å². The molecule has 0 saturated carbocycles. The van der Waals surface area contributed by atoms with Gasteiger partial charge in [-0.15, -0.1) is 0 Å². The first-order valence-electron chi connectivity index (χ1n) is 6.02. The molecule has 7 heteroatoms. The van der Waals surface area contributed by atoms with Crippen molar-refractivity contribution >= 4 is 11.5 Å². The van der Waals surface area contributed by atoms with Crippen molar-refractivity contribution in [3.05, 3.63) is 23.3 Å². The van der Waals surface area contributed by atoms with E-state index in [9.17, 15) is 0 Å². The van der Waals surface area contributed by atoms with E-state index in [0.29, 0.717) is 30.5 Å². The summed E-state index contributed by atoms with van der Waals surface area (Å²) in [4.78, 5) is 8.08. The monoisotopic (exact) mass is 263 g/mol. The molecule has 7 nitrogen and oxygen atoms in total. The maximum absolute atomic E-state index is 5.93. The Bertz CT molecular complexity index is 548. The number of nitrogens with zero attached hydrogens (tertiary/aromatic N) is 3. The van der Waals surface area contributed by atoms with Crippen LogP contribution in [-0.4, -0.2) is 21.7 Å². The number of aromatic nitrogens is 3. The highest BCUT2D eigenvalue weighted by Gasteiger charge is 2.12. The fourth-order valence-corrected chi connectivity index (χ4v) is 1.70. The van der Waals surface area contributed by atoms with Gasteiger partial charge in [0.15, 0.2) is 5.82 Å². The molecule has 0 saturated heterocycles. The first-order valence-corrected chi connectivity index (χ1v) is 6.02. The zero-order valence-electron chi connectivity index (χ0n) is 11.2. The van der Waals surface area contributed by atoms with Crippen LogP contribution in [0.15, 0.2) is 10.9 Å². The van der Waals surface area contributed by atoms with Crippen molar-refractivity contribution in [1.82, 2.24) is 15.1 Å². The molecule has 0 bridgehead atoms. The van der Waals surface area contributed by atoms with Crippen molar-refractivity contribution in [2.75, 3.05) is 17.7 Å². The number of aryl methyl sites for hydroxylation is 2. The van der Waals surface area contributed by atoms with Crippen molar-refractivity contribution in [3.63, 3.8) is 0 Å². The van der Waals surface area contributed by atoms with Gasteiger partial charge in [-0.2, -0.15) is 4.98 Å². The summed E-state index contributed by atoms with van der Waals surface area (Å²) in [6.07, 6.45) is 1.41. The van der Waals surface area contributed by atoms with Gasteiger partial charge in [0.2, 0.25) is 5.88 Å². The largest absolute Gasteiger partial charge is 0.476 e. The van der Waals surface area contributed by atoms with Gasteiger partial charge < -0.3 is 20.3 Å². The van der Waals surface area contributed by atoms with Gasteiger partial charge in [-0.3, -0.25) is 0 Å². The van der Waals surface area contributed by atoms with Gasteiger partial charge in [0.05, 0.1) is 12.3 Å². The Kier molecular flexibility index (Phi) is 3.84. The summed E-state index contributed by atoms with van der Waals surface area (Å²) in [6.45, 7) is 6.67. The number of anilines is 2. The summed E-state index contributed by atoms with van der Waals surface area (Å²) >= 11 is 0. The summed E-state index contributed by atoms with van der Waals surface area (Å²) in [7, 11) is 0. The second-order valence-corrected chi connectivity index (χ2v) is 4.03. The maximum atomic E-state index is 5.93. The Balaban J connectivity index is 2.14. The van der Waals surface area contributed by atoms with Crippen LogP contribution in [-0.2, 0) is 6.54 Å². The summed E-state index contributed by atoms with van der Waals surface area (Å²) in [5.41, 5.74) is 8.18. The molecule has 0 radical (unpaired) electrons. The lowest BCUT2D eigenvalue weighted by Gasteiger charge is -2.10. The van der Waals surface area contributed by atoms with E-state index >= 15 is 0 Å². The van der Waals surface area contributed by atoms with E-state index in [-0.39, 0.29) is 0 Å². The molecule has 102 valence electrons. The highest BCUT2D eigenvalue weighted by Crippen LogP contribution is 2.25. The molecule has 0 atom stereocenters. The summed E-state index contributed by atoms with van der Waals surface area (Å²) in [6, 6.07) is 0. The van der Waals surface area contributed by atoms with E-state index < -0.39 is 0 Å². The normalized spacial score (nSPS) is 10.5. The molecule has 2 rings (SSSR count). The van der Waals surface area contributed by atoms with E-state index in [2.05, 4.69) is 20.4 Å². The minimum Gasteiger partial charge on any atom is -0.476 e. The predicted molar refractivity (Wildman–Crippen MR) is 70.9 cm³/mol. The minimum absolute atomic E-state index is 0.388. The van der Waals surface area contributed by atoms with E-state index in [1.165, 1.54) is 6.33 Å². The first-order chi connectivity index (χ1) is 9.13. The van der Waals surface area contributed by atoms with Gasteiger partial charge in [-0.25, -0.2) is 4.98 Å². The summed E-state index contributed by atoms with van der Waals surface area (Å²) < 4.78 is 10.4. The predicted octanol–water partition coefficient (Wildman–Crippen LogP) is 1.67. The molecule has 19 heavy (non-hydrogen) atoms. The molecule has 0 unspecified atom stereocenters. The van der Waals surface area contributed by atoms with Crippen LogP contribution in [0.4, 0.5) is 11.5 Å². The van der Waals surface area contributed by atoms with Gasteiger partial charge in [-0.1, -0.05) is 5.16 Å². The average molecular weight is 263 g/mol. The minimum atomic E-state index is 0.388. The highest BCUT2D eigenvalue weighted by atomic mass is 16.5. The van der Waals surface area contributed by atoms with Crippen LogP contribution in [0.5, 0.6) is 5.88 Å². The second-order valence-electron chi connectivity index (χ2n) is 4.03. The molecule has 2 heterocycles. The van der Waals surface area contributed by atoms with Crippen LogP contribution < -0.4 is 15.8 Å². The molecule has 0 spiro atoms. The zero-order valence-corrected chi connectivity index (χ0v) is 11.2. The number of hydrogen-bond acceptors (Lipinski definition) is 7. The Labute approximate surface area is 111 Å². The lowest BCUT2D eigenvalue weighted by molar-refractivity contribution is 0.328. The lowest BCUT2D eigenvalue weighted by atomic mass is 10.2. The van der Waals surface area contributed by atoms with Crippen molar-refractivity contribution in [2.45, 2.75) is 27.3 Å². The maximum Gasteiger partial charge on any atom is 0.242 e. The zero-order chi connectivity index (χ0) is 13.8. The first kappa shape index (κ1) is 13.1. The fraction of sp³-hybridized carbons (Fsp3) is 0.417. The van der Waals surface area contributed by atoms with Gasteiger partial charge in [-0.05, 0) is 20.8 Å². The van der Waals surface area contributed by atoms with Crippen molar-refractivity contribution in [3.8, 4) is 5.88 Å². The molecule has 0 aliphatic heterocycles. The number of nitrogens with two attached hydrogens (primary N) is 1. The number of rotatable bonds is 5. The van der Waals surface area contributed by atoms with Gasteiger partial charge in [0.25, 0.3) is 0 Å². The Morgan fingerprint density at radius 3 is 2.79 bits per heavy atom. The molecular formula is C12H17N5O2. The molecule has 2 aromatic rings. The smallest absolute Gasteiger partial charge is 0.242 e. The topological polar surface area (TPSA) is 99.1 Å². The SMILES string of the molecule is CCOc1ncnc(NCc2c(C)noc2C)c1N. The van der Waals surface area contributed by atoms with Crippen LogP contribution in [0.1, 0.15) is 23.9 Å². The van der Waals surface area contributed by atoms with Crippen LogP contribution in [0.2, 0.25) is 0 Å². The molecule has 0 fully saturated rings. The van der Waals surface area contributed by atoms with Crippen molar-refractivity contribution < 1.29 is 9.26 Å². The second kappa shape index (κ2) is 5.55. The molecule has 3 N–H and O–H groups in total. The molecule has 0 aromatic carbocycles. The van der Waals surface area contributed by atoms with Crippen molar-refractivity contribution in [1.29, 1.82) is 0 Å². The van der Waals surface area contributed by atoms with E-state index in [1.54, 1.807) is 0 Å². The lowest BCUT2D eigenvalue weighted by Crippen LogP contribution is -2.08. The molecule has 0 amide bonds. The van der Waals surface area contributed by atoms with Crippen LogP contribution in [0.25, 0.3) is 0 Å². The van der Waals surface area contributed by atoms with Crippen LogP contribution in [0.3, 0.4) is 0 Å². The Morgan fingerprint density at radius 1 is 1.37 bits per heavy atom. The summed E-state index contributed by atoms with van der Waals surface area (Å²) in [5.74, 6) is 1.71. The molecule has 0 aliphatic carbocycles. The third kappa shape index (κ3) is 2.75. The van der Waals surface area contributed by atoms with Crippen LogP contribution >= 0.6 is 0 Å². The third-order valence-electron chi connectivity index (χ3n) is 2.74. The standard InChI is InChI=1S/C12H17N5O2/c1-4-18-12-10(13)11(15-6-16-12)14-5-9-7(2)17-19-8(9)3/h6H,4-5,13H2,1-3H3,(H,14,15,16). The van der Waals surface area contributed by atoms with Crippen molar-refractivity contribution in [2.24, 2.45) is 0 Å². The third-order valence-corrected chi connectivity index (χ3v) is 2.74. The fourth-order valence-electron chi connectivity index (χ4n) is 1.70. The number of hydrogen-bond donors (Lipinski definition) is 2. The molecule has 0 aliphatic rings. The molecular weight excluding hydrogens is 246 g/mol. The van der Waals surface area contributed by atoms with E-state index in [0.717, 1.165) is 17.0 Å². The number of ether oxygens (including phenoxy) is 1. The number of nitrogen functional groups attached to an aromatic ring is 1. The number of nitrogens with one attached hydrogen (secondary N) is 1. The Morgan fingerprint density at radius 2 is 2.16 bits per heavy atom. The average Bonchev–Trinajstić information content (AvgIpc) is 2.71. The van der Waals surface area contributed by atoms with Gasteiger partial charge in [0.1, 0.15) is 17.8 Å². The van der Waals surface area contributed by atoms with E-state index in [4.69, 9.17) is 15.0 Å². The summed E-state index contributed by atoms with van der Waals surface area (Å²) in [5, 5.41) is 7.03. The van der Waals surface area contributed by atoms with E-state index in [1.807, 2.05) is 20.8 Å². The Hall–Kier alpha value is -2.31.